The monoisotopic (exact) mass is 290 g/mol. The molecule has 0 spiro atoms. The lowest BCUT2D eigenvalue weighted by atomic mass is 10.1. The number of hydrogen-bond acceptors (Lipinski definition) is 5. The molecule has 2 amide bonds. The summed E-state index contributed by atoms with van der Waals surface area (Å²) in [4.78, 5) is 33.2. The van der Waals surface area contributed by atoms with Gasteiger partial charge in [-0.05, 0) is 18.9 Å². The molecule has 0 aliphatic heterocycles. The molecule has 0 fully saturated rings. The van der Waals surface area contributed by atoms with Gasteiger partial charge in [0.2, 0.25) is 5.91 Å². The molecular formula is C13H14N4O4. The SMILES string of the molecule is N#CCCC[C@@H](NC(=O)c1cccc([N+](=O)[O-])c1)C(N)=O. The molecule has 0 aliphatic rings. The van der Waals surface area contributed by atoms with Gasteiger partial charge in [-0.15, -0.1) is 0 Å². The summed E-state index contributed by atoms with van der Waals surface area (Å²) < 4.78 is 0. The summed E-state index contributed by atoms with van der Waals surface area (Å²) in [5.74, 6) is -1.34. The van der Waals surface area contributed by atoms with Crippen molar-refractivity contribution in [3.63, 3.8) is 0 Å². The van der Waals surface area contributed by atoms with Crippen molar-refractivity contribution >= 4 is 17.5 Å². The zero-order chi connectivity index (χ0) is 15.8. The molecule has 0 saturated carbocycles. The first-order valence-electron chi connectivity index (χ1n) is 6.17. The summed E-state index contributed by atoms with van der Waals surface area (Å²) in [6.45, 7) is 0. The van der Waals surface area contributed by atoms with Crippen molar-refractivity contribution in [2.24, 2.45) is 5.73 Å². The molecule has 0 bridgehead atoms. The summed E-state index contributed by atoms with van der Waals surface area (Å²) in [5.41, 5.74) is 5.02. The standard InChI is InChI=1S/C13H14N4O4/c14-7-2-1-6-11(12(15)18)16-13(19)9-4-3-5-10(8-9)17(20)21/h3-5,8,11H,1-2,6H2,(H2,15,18)(H,16,19)/t11-/m1/s1. The fourth-order valence-electron chi connectivity index (χ4n) is 1.67. The molecule has 8 heteroatoms. The zero-order valence-electron chi connectivity index (χ0n) is 11.1. The number of benzene rings is 1. The Balaban J connectivity index is 2.77. The van der Waals surface area contributed by atoms with Crippen LogP contribution < -0.4 is 11.1 Å². The Hall–Kier alpha value is -2.95. The Morgan fingerprint density at radius 1 is 1.48 bits per heavy atom. The number of amides is 2. The fraction of sp³-hybridized carbons (Fsp3) is 0.308. The molecule has 1 aromatic carbocycles. The number of nitro benzene ring substituents is 1. The van der Waals surface area contributed by atoms with Gasteiger partial charge in [-0.25, -0.2) is 0 Å². The van der Waals surface area contributed by atoms with Gasteiger partial charge in [0.25, 0.3) is 11.6 Å². The highest BCUT2D eigenvalue weighted by atomic mass is 16.6. The molecule has 0 aliphatic carbocycles. The molecular weight excluding hydrogens is 276 g/mol. The van der Waals surface area contributed by atoms with E-state index in [9.17, 15) is 19.7 Å². The van der Waals surface area contributed by atoms with Crippen LogP contribution in [0.4, 0.5) is 5.69 Å². The Morgan fingerprint density at radius 2 is 2.19 bits per heavy atom. The van der Waals surface area contributed by atoms with Crippen LogP contribution >= 0.6 is 0 Å². The minimum absolute atomic E-state index is 0.0655. The van der Waals surface area contributed by atoms with Crippen molar-refractivity contribution in [3.8, 4) is 6.07 Å². The molecule has 0 unspecified atom stereocenters. The van der Waals surface area contributed by atoms with Crippen LogP contribution in [0.3, 0.4) is 0 Å². The van der Waals surface area contributed by atoms with E-state index in [0.717, 1.165) is 6.07 Å². The van der Waals surface area contributed by atoms with Gasteiger partial charge in [0.05, 0.1) is 11.0 Å². The second-order valence-corrected chi connectivity index (χ2v) is 4.29. The van der Waals surface area contributed by atoms with Crippen molar-refractivity contribution in [2.75, 3.05) is 0 Å². The predicted molar refractivity (Wildman–Crippen MR) is 73.0 cm³/mol. The first-order valence-corrected chi connectivity index (χ1v) is 6.17. The first-order chi connectivity index (χ1) is 9.95. The molecule has 0 saturated heterocycles. The third-order valence-corrected chi connectivity index (χ3v) is 2.75. The number of nitriles is 1. The Bertz CT molecular complexity index is 594. The largest absolute Gasteiger partial charge is 0.368 e. The lowest BCUT2D eigenvalue weighted by molar-refractivity contribution is -0.384. The van der Waals surface area contributed by atoms with E-state index in [1.165, 1.54) is 18.2 Å². The molecule has 1 atom stereocenters. The molecule has 8 nitrogen and oxygen atoms in total. The van der Waals surface area contributed by atoms with Gasteiger partial charge in [-0.1, -0.05) is 6.07 Å². The van der Waals surface area contributed by atoms with Gasteiger partial charge in [0, 0.05) is 24.1 Å². The number of primary amides is 1. The van der Waals surface area contributed by atoms with E-state index in [1.54, 1.807) is 0 Å². The van der Waals surface area contributed by atoms with Crippen molar-refractivity contribution in [1.29, 1.82) is 5.26 Å². The van der Waals surface area contributed by atoms with Crippen LogP contribution in [-0.4, -0.2) is 22.8 Å². The van der Waals surface area contributed by atoms with E-state index in [-0.39, 0.29) is 24.1 Å². The van der Waals surface area contributed by atoms with Crippen molar-refractivity contribution < 1.29 is 14.5 Å². The van der Waals surface area contributed by atoms with Crippen LogP contribution in [0.2, 0.25) is 0 Å². The molecule has 0 heterocycles. The highest BCUT2D eigenvalue weighted by Crippen LogP contribution is 2.13. The summed E-state index contributed by atoms with van der Waals surface area (Å²) in [6, 6.07) is 6.16. The summed E-state index contributed by atoms with van der Waals surface area (Å²) in [7, 11) is 0. The summed E-state index contributed by atoms with van der Waals surface area (Å²) in [5, 5.41) is 21.5. The molecule has 1 rings (SSSR count). The van der Waals surface area contributed by atoms with Gasteiger partial charge in [0.1, 0.15) is 6.04 Å². The number of nitro groups is 1. The third kappa shape index (κ3) is 4.91. The number of carbonyl (C=O) groups is 2. The van der Waals surface area contributed by atoms with Crippen LogP contribution in [0.5, 0.6) is 0 Å². The molecule has 21 heavy (non-hydrogen) atoms. The number of rotatable bonds is 7. The van der Waals surface area contributed by atoms with E-state index in [1.807, 2.05) is 6.07 Å². The van der Waals surface area contributed by atoms with E-state index in [4.69, 9.17) is 11.0 Å². The highest BCUT2D eigenvalue weighted by Gasteiger charge is 2.19. The van der Waals surface area contributed by atoms with Crippen LogP contribution in [-0.2, 0) is 4.79 Å². The fourth-order valence-corrected chi connectivity index (χ4v) is 1.67. The molecule has 0 aromatic heterocycles. The average Bonchev–Trinajstić information content (AvgIpc) is 2.46. The normalized spacial score (nSPS) is 11.2. The third-order valence-electron chi connectivity index (χ3n) is 2.75. The number of non-ortho nitro benzene ring substituents is 1. The van der Waals surface area contributed by atoms with Gasteiger partial charge in [-0.2, -0.15) is 5.26 Å². The zero-order valence-corrected chi connectivity index (χ0v) is 11.1. The maximum atomic E-state index is 12.0. The number of hydrogen-bond donors (Lipinski definition) is 2. The molecule has 3 N–H and O–H groups in total. The van der Waals surface area contributed by atoms with Crippen LogP contribution in [0, 0.1) is 21.4 Å². The maximum Gasteiger partial charge on any atom is 0.270 e. The second-order valence-electron chi connectivity index (χ2n) is 4.29. The van der Waals surface area contributed by atoms with Crippen LogP contribution in [0.15, 0.2) is 24.3 Å². The predicted octanol–water partition coefficient (Wildman–Crippen LogP) is 0.872. The smallest absolute Gasteiger partial charge is 0.270 e. The number of nitrogens with one attached hydrogen (secondary N) is 1. The highest BCUT2D eigenvalue weighted by molar-refractivity contribution is 5.97. The Labute approximate surface area is 120 Å². The Kier molecular flexibility index (Phi) is 5.82. The summed E-state index contributed by atoms with van der Waals surface area (Å²) in [6.07, 6.45) is 0.902. The lowest BCUT2D eigenvalue weighted by Crippen LogP contribution is -2.44. The minimum Gasteiger partial charge on any atom is -0.368 e. The van der Waals surface area contributed by atoms with Gasteiger partial charge in [0.15, 0.2) is 0 Å². The van der Waals surface area contributed by atoms with E-state index < -0.39 is 22.8 Å². The van der Waals surface area contributed by atoms with E-state index in [2.05, 4.69) is 5.32 Å². The van der Waals surface area contributed by atoms with Gasteiger partial charge in [-0.3, -0.25) is 19.7 Å². The topological polar surface area (TPSA) is 139 Å². The molecule has 1 aromatic rings. The lowest BCUT2D eigenvalue weighted by Gasteiger charge is -2.14. The van der Waals surface area contributed by atoms with Crippen molar-refractivity contribution in [2.45, 2.75) is 25.3 Å². The van der Waals surface area contributed by atoms with Crippen LogP contribution in [0.1, 0.15) is 29.6 Å². The van der Waals surface area contributed by atoms with Gasteiger partial charge >= 0.3 is 0 Å². The number of nitrogens with zero attached hydrogens (tertiary/aromatic N) is 2. The van der Waals surface area contributed by atoms with Gasteiger partial charge < -0.3 is 11.1 Å². The first kappa shape index (κ1) is 16.1. The number of nitrogens with two attached hydrogens (primary N) is 1. The molecule has 110 valence electrons. The minimum atomic E-state index is -0.912. The maximum absolute atomic E-state index is 12.0. The summed E-state index contributed by atoms with van der Waals surface area (Å²) >= 11 is 0. The Morgan fingerprint density at radius 3 is 2.76 bits per heavy atom. The number of carbonyl (C=O) groups excluding carboxylic acids is 2. The van der Waals surface area contributed by atoms with Crippen LogP contribution in [0.25, 0.3) is 0 Å². The van der Waals surface area contributed by atoms with E-state index in [0.29, 0.717) is 6.42 Å². The second kappa shape index (κ2) is 7.59. The quantitative estimate of drug-likeness (QED) is 0.435. The van der Waals surface area contributed by atoms with Crippen molar-refractivity contribution in [3.05, 3.63) is 39.9 Å². The average molecular weight is 290 g/mol. The number of unbranched alkanes of at least 4 members (excludes halogenated alkanes) is 1. The molecule has 0 radical (unpaired) electrons. The van der Waals surface area contributed by atoms with E-state index >= 15 is 0 Å². The van der Waals surface area contributed by atoms with Crippen molar-refractivity contribution in [1.82, 2.24) is 5.32 Å².